The number of amides is 2. The number of hydrogen-bond donors (Lipinski definition) is 1. The number of nitrogens with one attached hydrogen (secondary N) is 1. The first kappa shape index (κ1) is 25.1. The first-order valence-corrected chi connectivity index (χ1v) is 11.3. The number of carbonyl (C=O) groups excluding carboxylic acids is 2. The van der Waals surface area contributed by atoms with Gasteiger partial charge in [0, 0.05) is 35.1 Å². The maximum Gasteiger partial charge on any atom is 0.416 e. The number of nitrogens with zero attached hydrogens (tertiary/aromatic N) is 1. The minimum Gasteiger partial charge on any atom is -0.444 e. The number of ether oxygens (including phenoxy) is 1. The van der Waals surface area contributed by atoms with Gasteiger partial charge in [0.15, 0.2) is 0 Å². The van der Waals surface area contributed by atoms with E-state index in [2.05, 4.69) is 21.2 Å². The third-order valence-electron chi connectivity index (χ3n) is 5.30. The summed E-state index contributed by atoms with van der Waals surface area (Å²) >= 11 is 3.06. The molecule has 5 nitrogen and oxygen atoms in total. The molecule has 0 bridgehead atoms. The largest absolute Gasteiger partial charge is 0.444 e. The predicted molar refractivity (Wildman–Crippen MR) is 122 cm³/mol. The standard InChI is InChI=1S/C24H26BrF3N2O3/c1-23(2,3)33-22(32)30-10-9-20(19(14-30)15-7-5-4-6-8-15)29-21(31)16-11-17(24(26,27)28)13-18(25)12-16/h4-8,11-13,19-20H,9-10,14H2,1-3H3,(H,29,31)/t19-,20+/m0/s1. The zero-order valence-corrected chi connectivity index (χ0v) is 20.2. The van der Waals surface area contributed by atoms with Gasteiger partial charge in [0.05, 0.1) is 5.56 Å². The van der Waals surface area contributed by atoms with E-state index in [-0.39, 0.29) is 22.0 Å². The first-order chi connectivity index (χ1) is 15.3. The normalized spacial score (nSPS) is 19.2. The van der Waals surface area contributed by atoms with Crippen molar-refractivity contribution in [2.75, 3.05) is 13.1 Å². The Morgan fingerprint density at radius 1 is 1.09 bits per heavy atom. The zero-order chi connectivity index (χ0) is 24.4. The molecular formula is C24H26BrF3N2O3. The average Bonchev–Trinajstić information content (AvgIpc) is 2.72. The van der Waals surface area contributed by atoms with E-state index in [0.717, 1.165) is 17.7 Å². The van der Waals surface area contributed by atoms with Crippen molar-refractivity contribution < 1.29 is 27.5 Å². The molecule has 178 valence electrons. The number of halogens is 4. The highest BCUT2D eigenvalue weighted by atomic mass is 79.9. The number of carbonyl (C=O) groups is 2. The lowest BCUT2D eigenvalue weighted by molar-refractivity contribution is -0.137. The second-order valence-electron chi connectivity index (χ2n) is 9.04. The van der Waals surface area contributed by atoms with Crippen LogP contribution in [0.1, 0.15) is 54.6 Å². The highest BCUT2D eigenvalue weighted by molar-refractivity contribution is 9.10. The van der Waals surface area contributed by atoms with E-state index < -0.39 is 29.3 Å². The van der Waals surface area contributed by atoms with Crippen LogP contribution in [-0.2, 0) is 10.9 Å². The SMILES string of the molecule is CC(C)(C)OC(=O)N1CC[C@@H](NC(=O)c2cc(Br)cc(C(F)(F)F)c2)[C@H](c2ccccc2)C1. The van der Waals surface area contributed by atoms with Gasteiger partial charge in [-0.1, -0.05) is 46.3 Å². The second-order valence-corrected chi connectivity index (χ2v) is 9.95. The van der Waals surface area contributed by atoms with Crippen LogP contribution in [0.4, 0.5) is 18.0 Å². The third-order valence-corrected chi connectivity index (χ3v) is 5.75. The Morgan fingerprint density at radius 3 is 2.36 bits per heavy atom. The number of likely N-dealkylation sites (tertiary alicyclic amines) is 1. The number of rotatable bonds is 3. The molecular weight excluding hydrogens is 501 g/mol. The highest BCUT2D eigenvalue weighted by Gasteiger charge is 2.36. The van der Waals surface area contributed by atoms with Crippen LogP contribution in [0.5, 0.6) is 0 Å². The second kappa shape index (κ2) is 9.75. The number of piperidine rings is 1. The topological polar surface area (TPSA) is 58.6 Å². The summed E-state index contributed by atoms with van der Waals surface area (Å²) in [5.74, 6) is -0.843. The van der Waals surface area contributed by atoms with Gasteiger partial charge < -0.3 is 15.0 Å². The number of alkyl halides is 3. The quantitative estimate of drug-likeness (QED) is 0.534. The monoisotopic (exact) mass is 526 g/mol. The number of benzene rings is 2. The fourth-order valence-electron chi connectivity index (χ4n) is 3.79. The Balaban J connectivity index is 1.82. The van der Waals surface area contributed by atoms with E-state index in [4.69, 9.17) is 4.74 Å². The van der Waals surface area contributed by atoms with Gasteiger partial charge in [0.2, 0.25) is 0 Å². The lowest BCUT2D eigenvalue weighted by Crippen LogP contribution is -2.52. The Kier molecular flexibility index (Phi) is 7.41. The van der Waals surface area contributed by atoms with Gasteiger partial charge in [-0.3, -0.25) is 4.79 Å². The molecule has 0 spiro atoms. The van der Waals surface area contributed by atoms with Crippen molar-refractivity contribution in [3.8, 4) is 0 Å². The summed E-state index contributed by atoms with van der Waals surface area (Å²) in [5, 5.41) is 2.89. The van der Waals surface area contributed by atoms with Crippen molar-refractivity contribution in [2.24, 2.45) is 0 Å². The molecule has 33 heavy (non-hydrogen) atoms. The van der Waals surface area contributed by atoms with Crippen LogP contribution >= 0.6 is 15.9 Å². The van der Waals surface area contributed by atoms with Gasteiger partial charge in [0.25, 0.3) is 5.91 Å². The minimum atomic E-state index is -4.57. The molecule has 3 rings (SSSR count). The van der Waals surface area contributed by atoms with E-state index in [9.17, 15) is 22.8 Å². The van der Waals surface area contributed by atoms with E-state index in [1.165, 1.54) is 6.07 Å². The van der Waals surface area contributed by atoms with Crippen molar-refractivity contribution in [1.82, 2.24) is 10.2 Å². The van der Waals surface area contributed by atoms with Crippen LogP contribution in [0.15, 0.2) is 53.0 Å². The molecule has 1 fully saturated rings. The molecule has 0 radical (unpaired) electrons. The highest BCUT2D eigenvalue weighted by Crippen LogP contribution is 2.33. The fraction of sp³-hybridized carbons (Fsp3) is 0.417. The maximum atomic E-state index is 13.2. The molecule has 1 saturated heterocycles. The van der Waals surface area contributed by atoms with Gasteiger partial charge in [0.1, 0.15) is 5.60 Å². The Labute approximate surface area is 199 Å². The summed E-state index contributed by atoms with van der Waals surface area (Å²) in [7, 11) is 0. The first-order valence-electron chi connectivity index (χ1n) is 10.5. The molecule has 2 aromatic carbocycles. The molecule has 0 aliphatic carbocycles. The molecule has 0 saturated carbocycles. The summed E-state index contributed by atoms with van der Waals surface area (Å²) in [5.41, 5.74) is -0.706. The molecule has 2 aromatic rings. The predicted octanol–water partition coefficient (Wildman–Crippen LogP) is 5.99. The van der Waals surface area contributed by atoms with Gasteiger partial charge in [-0.05, 0) is 51.0 Å². The van der Waals surface area contributed by atoms with Gasteiger partial charge >= 0.3 is 12.3 Å². The Hall–Kier alpha value is -2.55. The maximum absolute atomic E-state index is 13.2. The fourth-order valence-corrected chi connectivity index (χ4v) is 4.28. The molecule has 0 aromatic heterocycles. The van der Waals surface area contributed by atoms with Crippen molar-refractivity contribution in [3.63, 3.8) is 0 Å². The van der Waals surface area contributed by atoms with Crippen LogP contribution in [0.2, 0.25) is 0 Å². The molecule has 1 heterocycles. The van der Waals surface area contributed by atoms with Crippen LogP contribution in [0, 0.1) is 0 Å². The average molecular weight is 527 g/mol. The van der Waals surface area contributed by atoms with Crippen molar-refractivity contribution in [2.45, 2.75) is 50.9 Å². The van der Waals surface area contributed by atoms with E-state index in [1.54, 1.807) is 25.7 Å². The van der Waals surface area contributed by atoms with Crippen molar-refractivity contribution >= 4 is 27.9 Å². The third kappa shape index (κ3) is 6.72. The van der Waals surface area contributed by atoms with E-state index >= 15 is 0 Å². The summed E-state index contributed by atoms with van der Waals surface area (Å²) in [6.45, 7) is 6.05. The molecule has 1 aliphatic rings. The summed E-state index contributed by atoms with van der Waals surface area (Å²) in [4.78, 5) is 27.1. The molecule has 2 atom stereocenters. The van der Waals surface area contributed by atoms with Crippen molar-refractivity contribution in [3.05, 3.63) is 69.7 Å². The smallest absolute Gasteiger partial charge is 0.416 e. The molecule has 1 aliphatic heterocycles. The van der Waals surface area contributed by atoms with E-state index in [1.807, 2.05) is 30.3 Å². The van der Waals surface area contributed by atoms with Crippen LogP contribution in [0.3, 0.4) is 0 Å². The van der Waals surface area contributed by atoms with Crippen LogP contribution in [-0.4, -0.2) is 41.6 Å². The number of hydrogen-bond acceptors (Lipinski definition) is 3. The summed E-state index contributed by atoms with van der Waals surface area (Å²) in [6.07, 6.45) is -4.57. The lowest BCUT2D eigenvalue weighted by Gasteiger charge is -2.39. The minimum absolute atomic E-state index is 0.0851. The molecule has 2 amide bonds. The Morgan fingerprint density at radius 2 is 1.76 bits per heavy atom. The Bertz CT molecular complexity index is 1010. The molecule has 1 N–H and O–H groups in total. The van der Waals surface area contributed by atoms with Gasteiger partial charge in [-0.15, -0.1) is 0 Å². The van der Waals surface area contributed by atoms with Crippen LogP contribution in [0.25, 0.3) is 0 Å². The lowest BCUT2D eigenvalue weighted by atomic mass is 9.86. The van der Waals surface area contributed by atoms with Crippen molar-refractivity contribution in [1.29, 1.82) is 0 Å². The van der Waals surface area contributed by atoms with Gasteiger partial charge in [-0.2, -0.15) is 13.2 Å². The molecule has 9 heteroatoms. The van der Waals surface area contributed by atoms with E-state index in [0.29, 0.717) is 19.5 Å². The summed E-state index contributed by atoms with van der Waals surface area (Å²) in [6, 6.07) is 12.2. The van der Waals surface area contributed by atoms with Crippen LogP contribution < -0.4 is 5.32 Å². The summed E-state index contributed by atoms with van der Waals surface area (Å²) < 4.78 is 45.2. The van der Waals surface area contributed by atoms with Gasteiger partial charge in [-0.25, -0.2) is 4.79 Å². The molecule has 0 unspecified atom stereocenters. The zero-order valence-electron chi connectivity index (χ0n) is 18.6.